The van der Waals surface area contributed by atoms with Crippen LogP contribution < -0.4 is 0 Å². The van der Waals surface area contributed by atoms with Crippen LogP contribution in [-0.2, 0) is 10.5 Å². The molecule has 1 aromatic heterocycles. The highest BCUT2D eigenvalue weighted by atomic mass is 35.5. The molecule has 19 heavy (non-hydrogen) atoms. The van der Waals surface area contributed by atoms with Crippen molar-refractivity contribution in [3.63, 3.8) is 0 Å². The first kappa shape index (κ1) is 13.8. The Bertz CT molecular complexity index is 592. The first-order valence-corrected chi connectivity index (χ1v) is 6.83. The predicted molar refractivity (Wildman–Crippen MR) is 74.4 cm³/mol. The minimum Gasteiger partial charge on any atom is -0.464 e. The quantitative estimate of drug-likeness (QED) is 0.640. The molecule has 2 aromatic rings. The van der Waals surface area contributed by atoms with Crippen molar-refractivity contribution in [3.05, 3.63) is 52.9 Å². The molecule has 98 valence electrons. The third-order valence-corrected chi connectivity index (χ3v) is 3.66. The highest BCUT2D eigenvalue weighted by molar-refractivity contribution is 7.98. The van der Waals surface area contributed by atoms with E-state index in [-0.39, 0.29) is 5.69 Å². The second kappa shape index (κ2) is 6.54. The summed E-state index contributed by atoms with van der Waals surface area (Å²) in [5, 5.41) is 1.37. The van der Waals surface area contributed by atoms with Gasteiger partial charge in [-0.1, -0.05) is 29.8 Å². The maximum absolute atomic E-state index is 11.3. The molecule has 6 heteroatoms. The van der Waals surface area contributed by atoms with Crippen LogP contribution in [-0.4, -0.2) is 23.0 Å². The molecule has 0 N–H and O–H groups in total. The number of rotatable bonds is 4. The van der Waals surface area contributed by atoms with Crippen LogP contribution >= 0.6 is 23.4 Å². The van der Waals surface area contributed by atoms with Crippen molar-refractivity contribution >= 4 is 29.3 Å². The van der Waals surface area contributed by atoms with Crippen LogP contribution in [0.3, 0.4) is 0 Å². The van der Waals surface area contributed by atoms with Gasteiger partial charge in [-0.3, -0.25) is 4.98 Å². The molecule has 0 aliphatic carbocycles. The minimum absolute atomic E-state index is 0.201. The summed E-state index contributed by atoms with van der Waals surface area (Å²) < 4.78 is 4.60. The molecule has 4 nitrogen and oxygen atoms in total. The summed E-state index contributed by atoms with van der Waals surface area (Å²) in [5.41, 5.74) is 1.21. The number of carbonyl (C=O) groups is 1. The summed E-state index contributed by atoms with van der Waals surface area (Å²) in [4.78, 5) is 19.5. The molecule has 0 amide bonds. The van der Waals surface area contributed by atoms with Gasteiger partial charge in [0.15, 0.2) is 5.69 Å². The fraction of sp³-hybridized carbons (Fsp3) is 0.154. The average molecular weight is 295 g/mol. The predicted octanol–water partition coefficient (Wildman–Crippen LogP) is 3.21. The zero-order valence-electron chi connectivity index (χ0n) is 10.2. The molecule has 0 saturated carbocycles. The van der Waals surface area contributed by atoms with Crippen LogP contribution in [0.15, 0.2) is 41.7 Å². The first-order valence-electron chi connectivity index (χ1n) is 5.47. The van der Waals surface area contributed by atoms with Crippen LogP contribution in [0.25, 0.3) is 0 Å². The highest BCUT2D eigenvalue weighted by Gasteiger charge is 2.09. The lowest BCUT2D eigenvalue weighted by atomic mass is 10.2. The number of nitrogens with zero attached hydrogens (tertiary/aromatic N) is 2. The van der Waals surface area contributed by atoms with E-state index in [0.717, 1.165) is 5.56 Å². The van der Waals surface area contributed by atoms with Crippen LogP contribution in [0.2, 0.25) is 5.02 Å². The number of halogens is 1. The monoisotopic (exact) mass is 294 g/mol. The Morgan fingerprint density at radius 2 is 2.16 bits per heavy atom. The second-order valence-corrected chi connectivity index (χ2v) is 5.02. The van der Waals surface area contributed by atoms with E-state index in [1.165, 1.54) is 25.1 Å². The van der Waals surface area contributed by atoms with Crippen molar-refractivity contribution in [1.29, 1.82) is 0 Å². The third kappa shape index (κ3) is 3.68. The Morgan fingerprint density at radius 1 is 1.37 bits per heavy atom. The fourth-order valence-corrected chi connectivity index (χ4v) is 2.52. The van der Waals surface area contributed by atoms with Gasteiger partial charge >= 0.3 is 5.97 Å². The molecule has 0 aliphatic heterocycles. The number of aromatic nitrogens is 2. The topological polar surface area (TPSA) is 52.1 Å². The van der Waals surface area contributed by atoms with Gasteiger partial charge in [0, 0.05) is 10.8 Å². The molecule has 0 saturated heterocycles. The lowest BCUT2D eigenvalue weighted by Gasteiger charge is -2.04. The van der Waals surface area contributed by atoms with E-state index >= 15 is 0 Å². The molecule has 0 bridgehead atoms. The molecule has 0 radical (unpaired) electrons. The molecular formula is C13H11ClN2O2S. The Hall–Kier alpha value is -1.59. The summed E-state index contributed by atoms with van der Waals surface area (Å²) in [7, 11) is 1.31. The normalized spacial score (nSPS) is 10.2. The van der Waals surface area contributed by atoms with E-state index in [4.69, 9.17) is 11.6 Å². The standard InChI is InChI=1S/C13H11ClN2O2S/c1-18-13(17)11-6-15-7-12(16-11)19-8-9-4-2-3-5-10(9)14/h2-7H,8H2,1H3. The SMILES string of the molecule is COC(=O)c1cncc(SCc2ccccc2Cl)n1. The maximum atomic E-state index is 11.3. The van der Waals surface area contributed by atoms with Crippen molar-refractivity contribution in [2.24, 2.45) is 0 Å². The largest absolute Gasteiger partial charge is 0.464 e. The van der Waals surface area contributed by atoms with Gasteiger partial charge in [0.25, 0.3) is 0 Å². The number of carbonyl (C=O) groups excluding carboxylic acids is 1. The smallest absolute Gasteiger partial charge is 0.358 e. The van der Waals surface area contributed by atoms with Gasteiger partial charge in [-0.25, -0.2) is 9.78 Å². The van der Waals surface area contributed by atoms with E-state index in [1.807, 2.05) is 24.3 Å². The molecule has 0 unspecified atom stereocenters. The van der Waals surface area contributed by atoms with Gasteiger partial charge in [0.1, 0.15) is 5.03 Å². The van der Waals surface area contributed by atoms with Gasteiger partial charge in [0.05, 0.1) is 19.5 Å². The second-order valence-electron chi connectivity index (χ2n) is 3.61. The number of thioether (sulfide) groups is 1. The van der Waals surface area contributed by atoms with Crippen LogP contribution in [0.4, 0.5) is 0 Å². The molecule has 1 heterocycles. The minimum atomic E-state index is -0.493. The van der Waals surface area contributed by atoms with Gasteiger partial charge in [-0.15, -0.1) is 11.8 Å². The van der Waals surface area contributed by atoms with Crippen LogP contribution in [0, 0.1) is 0 Å². The average Bonchev–Trinajstić information content (AvgIpc) is 2.46. The fourth-order valence-electron chi connectivity index (χ4n) is 1.39. The Balaban J connectivity index is 2.08. The molecule has 0 fully saturated rings. The van der Waals surface area contributed by atoms with Crippen molar-refractivity contribution < 1.29 is 9.53 Å². The molecular weight excluding hydrogens is 284 g/mol. The lowest BCUT2D eigenvalue weighted by Crippen LogP contribution is -2.05. The zero-order chi connectivity index (χ0) is 13.7. The molecule has 0 atom stereocenters. The number of ether oxygens (including phenoxy) is 1. The molecule has 0 spiro atoms. The van der Waals surface area contributed by atoms with Crippen LogP contribution in [0.1, 0.15) is 16.1 Å². The maximum Gasteiger partial charge on any atom is 0.358 e. The third-order valence-electron chi connectivity index (χ3n) is 2.34. The number of methoxy groups -OCH3 is 1. The van der Waals surface area contributed by atoms with Gasteiger partial charge in [-0.05, 0) is 11.6 Å². The summed E-state index contributed by atoms with van der Waals surface area (Å²) in [6.45, 7) is 0. The summed E-state index contributed by atoms with van der Waals surface area (Å²) in [5.74, 6) is 0.173. The van der Waals surface area contributed by atoms with E-state index in [2.05, 4.69) is 14.7 Å². The van der Waals surface area contributed by atoms with E-state index in [9.17, 15) is 4.79 Å². The number of hydrogen-bond donors (Lipinski definition) is 0. The van der Waals surface area contributed by atoms with Crippen molar-refractivity contribution in [3.8, 4) is 0 Å². The van der Waals surface area contributed by atoms with E-state index in [1.54, 1.807) is 6.20 Å². The number of benzene rings is 1. The van der Waals surface area contributed by atoms with Crippen molar-refractivity contribution in [2.75, 3.05) is 7.11 Å². The van der Waals surface area contributed by atoms with E-state index in [0.29, 0.717) is 15.8 Å². The number of esters is 1. The number of hydrogen-bond acceptors (Lipinski definition) is 5. The zero-order valence-corrected chi connectivity index (χ0v) is 11.7. The first-order chi connectivity index (χ1) is 9.20. The summed E-state index contributed by atoms with van der Waals surface area (Å²) in [6, 6.07) is 7.60. The van der Waals surface area contributed by atoms with Gasteiger partial charge in [-0.2, -0.15) is 0 Å². The highest BCUT2D eigenvalue weighted by Crippen LogP contribution is 2.25. The van der Waals surface area contributed by atoms with Crippen molar-refractivity contribution in [2.45, 2.75) is 10.8 Å². The molecule has 1 aromatic carbocycles. The van der Waals surface area contributed by atoms with Crippen molar-refractivity contribution in [1.82, 2.24) is 9.97 Å². The Morgan fingerprint density at radius 3 is 2.89 bits per heavy atom. The van der Waals surface area contributed by atoms with Gasteiger partial charge < -0.3 is 4.74 Å². The summed E-state index contributed by atoms with van der Waals surface area (Å²) >= 11 is 7.54. The Kier molecular flexibility index (Phi) is 4.76. The summed E-state index contributed by atoms with van der Waals surface area (Å²) in [6.07, 6.45) is 2.99. The molecule has 2 rings (SSSR count). The van der Waals surface area contributed by atoms with Crippen LogP contribution in [0.5, 0.6) is 0 Å². The van der Waals surface area contributed by atoms with Gasteiger partial charge in [0.2, 0.25) is 0 Å². The lowest BCUT2D eigenvalue weighted by molar-refractivity contribution is 0.0592. The Labute approximate surface area is 120 Å². The van der Waals surface area contributed by atoms with E-state index < -0.39 is 5.97 Å². The molecule has 0 aliphatic rings.